The second-order valence-electron chi connectivity index (χ2n) is 4.79. The van der Waals surface area contributed by atoms with Crippen molar-refractivity contribution in [3.8, 4) is 6.07 Å². The lowest BCUT2D eigenvalue weighted by atomic mass is 10.1. The van der Waals surface area contributed by atoms with Crippen molar-refractivity contribution in [2.75, 3.05) is 11.1 Å². The van der Waals surface area contributed by atoms with E-state index in [1.807, 2.05) is 37.3 Å². The molecule has 0 aliphatic heterocycles. The van der Waals surface area contributed by atoms with E-state index in [1.165, 1.54) is 11.8 Å². The number of rotatable bonds is 5. The van der Waals surface area contributed by atoms with Crippen LogP contribution < -0.4 is 5.32 Å². The molecule has 3 nitrogen and oxygen atoms in total. The van der Waals surface area contributed by atoms with Gasteiger partial charge in [-0.15, -0.1) is 11.8 Å². The van der Waals surface area contributed by atoms with Crippen LogP contribution in [-0.2, 0) is 10.5 Å². The standard InChI is InChI=1S/C17H15ClN2OS/c1-12-6-7-16(15(18)8-12)20-17(21)11-22-10-14-5-3-2-4-13(14)9-19/h2-8H,10-11H2,1H3,(H,20,21). The summed E-state index contributed by atoms with van der Waals surface area (Å²) in [5, 5.41) is 12.4. The number of nitriles is 1. The first-order valence-corrected chi connectivity index (χ1v) is 8.25. The fourth-order valence-electron chi connectivity index (χ4n) is 1.92. The summed E-state index contributed by atoms with van der Waals surface area (Å²) in [4.78, 5) is 11.9. The number of nitrogens with zero attached hydrogens (tertiary/aromatic N) is 1. The van der Waals surface area contributed by atoms with E-state index in [0.29, 0.717) is 27.8 Å². The quantitative estimate of drug-likeness (QED) is 0.884. The molecular formula is C17H15ClN2OS. The van der Waals surface area contributed by atoms with Gasteiger partial charge in [0.1, 0.15) is 0 Å². The first kappa shape index (κ1) is 16.4. The fraction of sp³-hybridized carbons (Fsp3) is 0.176. The Kier molecular flexibility index (Phi) is 5.88. The Morgan fingerprint density at radius 2 is 2.09 bits per heavy atom. The van der Waals surface area contributed by atoms with Gasteiger partial charge in [0.25, 0.3) is 0 Å². The van der Waals surface area contributed by atoms with Crippen LogP contribution in [0, 0.1) is 18.3 Å². The lowest BCUT2D eigenvalue weighted by molar-refractivity contribution is -0.113. The molecule has 0 saturated carbocycles. The minimum Gasteiger partial charge on any atom is -0.324 e. The topological polar surface area (TPSA) is 52.9 Å². The highest BCUT2D eigenvalue weighted by atomic mass is 35.5. The van der Waals surface area contributed by atoms with Crippen molar-refractivity contribution in [2.24, 2.45) is 0 Å². The van der Waals surface area contributed by atoms with Gasteiger partial charge in [-0.3, -0.25) is 4.79 Å². The SMILES string of the molecule is Cc1ccc(NC(=O)CSCc2ccccc2C#N)c(Cl)c1. The first-order valence-electron chi connectivity index (χ1n) is 6.72. The van der Waals surface area contributed by atoms with E-state index in [4.69, 9.17) is 16.9 Å². The Morgan fingerprint density at radius 1 is 1.32 bits per heavy atom. The molecule has 0 fully saturated rings. The molecule has 22 heavy (non-hydrogen) atoms. The second kappa shape index (κ2) is 7.88. The van der Waals surface area contributed by atoms with E-state index in [1.54, 1.807) is 12.1 Å². The van der Waals surface area contributed by atoms with Gasteiger partial charge in [-0.1, -0.05) is 35.9 Å². The number of amides is 1. The molecule has 0 aliphatic carbocycles. The number of nitrogens with one attached hydrogen (secondary N) is 1. The highest BCUT2D eigenvalue weighted by Gasteiger charge is 2.07. The summed E-state index contributed by atoms with van der Waals surface area (Å²) in [7, 11) is 0. The summed E-state index contributed by atoms with van der Waals surface area (Å²) in [6, 6.07) is 15.1. The molecule has 0 atom stereocenters. The number of halogens is 1. The van der Waals surface area contributed by atoms with Crippen LogP contribution in [0.4, 0.5) is 5.69 Å². The molecule has 0 aliphatic rings. The number of hydrogen-bond acceptors (Lipinski definition) is 3. The van der Waals surface area contributed by atoms with Crippen molar-refractivity contribution in [3.05, 3.63) is 64.2 Å². The maximum atomic E-state index is 11.9. The third kappa shape index (κ3) is 4.52. The van der Waals surface area contributed by atoms with Crippen molar-refractivity contribution in [1.29, 1.82) is 5.26 Å². The Balaban J connectivity index is 1.87. The number of thioether (sulfide) groups is 1. The van der Waals surface area contributed by atoms with Gasteiger partial charge < -0.3 is 5.32 Å². The van der Waals surface area contributed by atoms with Crippen molar-refractivity contribution >= 4 is 35.0 Å². The molecule has 0 bridgehead atoms. The highest BCUT2D eigenvalue weighted by molar-refractivity contribution is 7.99. The zero-order chi connectivity index (χ0) is 15.9. The maximum absolute atomic E-state index is 11.9. The van der Waals surface area contributed by atoms with Gasteiger partial charge in [0.15, 0.2) is 0 Å². The molecule has 0 aromatic heterocycles. The smallest absolute Gasteiger partial charge is 0.234 e. The van der Waals surface area contributed by atoms with E-state index < -0.39 is 0 Å². The average molecular weight is 331 g/mol. The summed E-state index contributed by atoms with van der Waals surface area (Å²) in [6.07, 6.45) is 0. The Morgan fingerprint density at radius 3 is 2.82 bits per heavy atom. The van der Waals surface area contributed by atoms with Gasteiger partial charge in [0, 0.05) is 5.75 Å². The van der Waals surface area contributed by atoms with E-state index in [-0.39, 0.29) is 5.91 Å². The Bertz CT molecular complexity index is 725. The summed E-state index contributed by atoms with van der Waals surface area (Å²) >= 11 is 7.55. The van der Waals surface area contributed by atoms with E-state index in [0.717, 1.165) is 11.1 Å². The van der Waals surface area contributed by atoms with Gasteiger partial charge in [-0.2, -0.15) is 5.26 Å². The molecule has 2 aromatic rings. The Hall–Kier alpha value is -1.96. The lowest BCUT2D eigenvalue weighted by Crippen LogP contribution is -2.14. The van der Waals surface area contributed by atoms with Gasteiger partial charge in [0.2, 0.25) is 5.91 Å². The predicted octanol–water partition coefficient (Wildman–Crippen LogP) is 4.39. The molecule has 1 N–H and O–H groups in total. The zero-order valence-electron chi connectivity index (χ0n) is 12.1. The third-order valence-electron chi connectivity index (χ3n) is 3.03. The molecule has 2 rings (SSSR count). The predicted molar refractivity (Wildman–Crippen MR) is 92.1 cm³/mol. The van der Waals surface area contributed by atoms with E-state index in [9.17, 15) is 4.79 Å². The number of carbonyl (C=O) groups is 1. The number of benzene rings is 2. The van der Waals surface area contributed by atoms with Gasteiger partial charge >= 0.3 is 0 Å². The maximum Gasteiger partial charge on any atom is 0.234 e. The summed E-state index contributed by atoms with van der Waals surface area (Å²) in [5.74, 6) is 0.827. The minimum atomic E-state index is -0.106. The third-order valence-corrected chi connectivity index (χ3v) is 4.32. The van der Waals surface area contributed by atoms with Gasteiger partial charge in [0.05, 0.1) is 28.1 Å². The van der Waals surface area contributed by atoms with Crippen molar-refractivity contribution < 1.29 is 4.79 Å². The molecule has 2 aromatic carbocycles. The minimum absolute atomic E-state index is 0.106. The van der Waals surface area contributed by atoms with Crippen molar-refractivity contribution in [1.82, 2.24) is 0 Å². The number of anilines is 1. The normalized spacial score (nSPS) is 10.0. The summed E-state index contributed by atoms with van der Waals surface area (Å²) in [5.41, 5.74) is 3.26. The Labute approximate surface area is 139 Å². The van der Waals surface area contributed by atoms with Crippen LogP contribution in [0.3, 0.4) is 0 Å². The van der Waals surface area contributed by atoms with Crippen LogP contribution in [-0.4, -0.2) is 11.7 Å². The average Bonchev–Trinajstić information content (AvgIpc) is 2.50. The van der Waals surface area contributed by atoms with Crippen LogP contribution in [0.25, 0.3) is 0 Å². The van der Waals surface area contributed by atoms with Crippen LogP contribution in [0.15, 0.2) is 42.5 Å². The molecule has 112 valence electrons. The number of hydrogen-bond donors (Lipinski definition) is 1. The molecule has 0 radical (unpaired) electrons. The summed E-state index contributed by atoms with van der Waals surface area (Å²) < 4.78 is 0. The highest BCUT2D eigenvalue weighted by Crippen LogP contribution is 2.23. The number of carbonyl (C=O) groups excluding carboxylic acids is 1. The largest absolute Gasteiger partial charge is 0.324 e. The molecule has 0 heterocycles. The van der Waals surface area contributed by atoms with Crippen LogP contribution in [0.2, 0.25) is 5.02 Å². The van der Waals surface area contributed by atoms with Gasteiger partial charge in [-0.25, -0.2) is 0 Å². The monoisotopic (exact) mass is 330 g/mol. The van der Waals surface area contributed by atoms with Crippen LogP contribution >= 0.6 is 23.4 Å². The molecular weight excluding hydrogens is 316 g/mol. The van der Waals surface area contributed by atoms with Crippen molar-refractivity contribution in [2.45, 2.75) is 12.7 Å². The lowest BCUT2D eigenvalue weighted by Gasteiger charge is -2.08. The molecule has 0 saturated heterocycles. The molecule has 0 spiro atoms. The molecule has 0 unspecified atom stereocenters. The van der Waals surface area contributed by atoms with Crippen LogP contribution in [0.5, 0.6) is 0 Å². The second-order valence-corrected chi connectivity index (χ2v) is 6.19. The first-order chi connectivity index (χ1) is 10.6. The molecule has 1 amide bonds. The van der Waals surface area contributed by atoms with Gasteiger partial charge in [-0.05, 0) is 36.2 Å². The molecule has 5 heteroatoms. The van der Waals surface area contributed by atoms with Crippen molar-refractivity contribution in [3.63, 3.8) is 0 Å². The zero-order valence-corrected chi connectivity index (χ0v) is 13.7. The summed E-state index contributed by atoms with van der Waals surface area (Å²) in [6.45, 7) is 1.94. The van der Waals surface area contributed by atoms with E-state index in [2.05, 4.69) is 11.4 Å². The number of aryl methyl sites for hydroxylation is 1. The fourth-order valence-corrected chi connectivity index (χ4v) is 3.03. The van der Waals surface area contributed by atoms with Crippen LogP contribution in [0.1, 0.15) is 16.7 Å². The van der Waals surface area contributed by atoms with E-state index >= 15 is 0 Å².